The molecule has 1 aliphatic rings. The fraction of sp³-hybridized carbons (Fsp3) is 0.231. The van der Waals surface area contributed by atoms with Crippen molar-refractivity contribution in [3.05, 3.63) is 60.9 Å². The Morgan fingerprint density at radius 1 is 1.14 bits per heavy atom. The van der Waals surface area contributed by atoms with Crippen LogP contribution in [-0.4, -0.2) is 6.04 Å². The first-order valence-electron chi connectivity index (χ1n) is 4.97. The third-order valence-electron chi connectivity index (χ3n) is 1.91. The second-order valence-electron chi connectivity index (χ2n) is 3.09. The molecule has 1 nitrogen and oxygen atoms in total. The molecule has 1 atom stereocenters. The van der Waals surface area contributed by atoms with Crippen LogP contribution in [0.5, 0.6) is 0 Å². The lowest BCUT2D eigenvalue weighted by Crippen LogP contribution is -2.21. The molecule has 0 saturated heterocycles. The minimum Gasteiger partial charge on any atom is -0.384 e. The monoisotopic (exact) mass is 187 g/mol. The van der Waals surface area contributed by atoms with Crippen molar-refractivity contribution in [3.8, 4) is 0 Å². The van der Waals surface area contributed by atoms with Gasteiger partial charge in [0.1, 0.15) is 0 Å². The van der Waals surface area contributed by atoms with Crippen molar-refractivity contribution < 1.29 is 0 Å². The van der Waals surface area contributed by atoms with Crippen LogP contribution in [0.2, 0.25) is 0 Å². The molecule has 0 aliphatic heterocycles. The van der Waals surface area contributed by atoms with Gasteiger partial charge >= 0.3 is 0 Å². The predicted molar refractivity (Wildman–Crippen MR) is 62.9 cm³/mol. The van der Waals surface area contributed by atoms with Crippen LogP contribution in [-0.2, 0) is 0 Å². The molecular weight excluding hydrogens is 170 g/mol. The lowest BCUT2D eigenvalue weighted by Gasteiger charge is -2.12. The van der Waals surface area contributed by atoms with E-state index in [0.717, 1.165) is 6.42 Å². The van der Waals surface area contributed by atoms with Crippen molar-refractivity contribution in [1.29, 1.82) is 0 Å². The van der Waals surface area contributed by atoms with Crippen LogP contribution in [0.3, 0.4) is 0 Å². The SMILES string of the molecule is C\C=C/C=C\C=C\NC1C=CC=CC1. The smallest absolute Gasteiger partial charge is 0.0476 e. The second-order valence-corrected chi connectivity index (χ2v) is 3.09. The highest BCUT2D eigenvalue weighted by Crippen LogP contribution is 2.01. The molecule has 0 aromatic rings. The number of allylic oxidation sites excluding steroid dienone is 7. The van der Waals surface area contributed by atoms with E-state index < -0.39 is 0 Å². The van der Waals surface area contributed by atoms with Crippen molar-refractivity contribution in [3.63, 3.8) is 0 Å². The van der Waals surface area contributed by atoms with E-state index in [9.17, 15) is 0 Å². The van der Waals surface area contributed by atoms with Gasteiger partial charge < -0.3 is 5.32 Å². The van der Waals surface area contributed by atoms with Gasteiger partial charge in [-0.25, -0.2) is 0 Å². The number of hydrogen-bond donors (Lipinski definition) is 1. The molecule has 1 rings (SSSR count). The molecule has 0 bridgehead atoms. The third-order valence-corrected chi connectivity index (χ3v) is 1.91. The second kappa shape index (κ2) is 6.96. The van der Waals surface area contributed by atoms with Gasteiger partial charge in [0.2, 0.25) is 0 Å². The maximum Gasteiger partial charge on any atom is 0.0476 e. The van der Waals surface area contributed by atoms with Gasteiger partial charge in [0.15, 0.2) is 0 Å². The first kappa shape index (κ1) is 10.6. The minimum absolute atomic E-state index is 0.450. The molecule has 0 aromatic carbocycles. The van der Waals surface area contributed by atoms with Gasteiger partial charge in [-0.2, -0.15) is 0 Å². The van der Waals surface area contributed by atoms with Crippen LogP contribution in [0.1, 0.15) is 13.3 Å². The van der Waals surface area contributed by atoms with Crippen molar-refractivity contribution in [2.24, 2.45) is 0 Å². The van der Waals surface area contributed by atoms with Crippen molar-refractivity contribution in [2.75, 3.05) is 0 Å². The number of hydrogen-bond acceptors (Lipinski definition) is 1. The maximum absolute atomic E-state index is 3.30. The number of nitrogens with one attached hydrogen (secondary N) is 1. The highest BCUT2D eigenvalue weighted by atomic mass is 14.9. The van der Waals surface area contributed by atoms with Crippen molar-refractivity contribution in [1.82, 2.24) is 5.32 Å². The summed E-state index contributed by atoms with van der Waals surface area (Å²) in [4.78, 5) is 0. The normalized spacial score (nSPS) is 21.6. The van der Waals surface area contributed by atoms with Gasteiger partial charge in [-0.15, -0.1) is 0 Å². The van der Waals surface area contributed by atoms with Crippen LogP contribution in [0.4, 0.5) is 0 Å². The van der Waals surface area contributed by atoms with Gasteiger partial charge in [-0.1, -0.05) is 48.6 Å². The molecule has 0 saturated carbocycles. The molecule has 0 amide bonds. The fourth-order valence-corrected chi connectivity index (χ4v) is 1.18. The Morgan fingerprint density at radius 3 is 2.71 bits per heavy atom. The Balaban J connectivity index is 2.19. The van der Waals surface area contributed by atoms with Crippen LogP contribution in [0.15, 0.2) is 60.9 Å². The Labute approximate surface area is 86.2 Å². The molecule has 0 aromatic heterocycles. The fourth-order valence-electron chi connectivity index (χ4n) is 1.18. The van der Waals surface area contributed by atoms with E-state index in [-0.39, 0.29) is 0 Å². The highest BCUT2D eigenvalue weighted by Gasteiger charge is 1.99. The van der Waals surface area contributed by atoms with Crippen LogP contribution >= 0.6 is 0 Å². The first-order chi connectivity index (χ1) is 6.93. The highest BCUT2D eigenvalue weighted by molar-refractivity contribution is 5.15. The van der Waals surface area contributed by atoms with E-state index in [0.29, 0.717) is 6.04 Å². The quantitative estimate of drug-likeness (QED) is 0.667. The zero-order chi connectivity index (χ0) is 10.1. The Kier molecular flexibility index (Phi) is 5.26. The zero-order valence-corrected chi connectivity index (χ0v) is 8.56. The lowest BCUT2D eigenvalue weighted by atomic mass is 10.1. The average Bonchev–Trinajstić information content (AvgIpc) is 2.25. The van der Waals surface area contributed by atoms with E-state index in [4.69, 9.17) is 0 Å². The molecule has 0 fully saturated rings. The maximum atomic E-state index is 3.30. The van der Waals surface area contributed by atoms with Gasteiger partial charge in [0.05, 0.1) is 0 Å². The summed E-state index contributed by atoms with van der Waals surface area (Å²) in [6.07, 6.45) is 21.6. The molecule has 74 valence electrons. The summed E-state index contributed by atoms with van der Waals surface area (Å²) in [6.45, 7) is 2.01. The Hall–Kier alpha value is -1.50. The largest absolute Gasteiger partial charge is 0.384 e. The van der Waals surface area contributed by atoms with E-state index in [1.807, 2.05) is 43.5 Å². The van der Waals surface area contributed by atoms with E-state index in [1.165, 1.54) is 0 Å². The zero-order valence-electron chi connectivity index (χ0n) is 8.56. The third kappa shape index (κ3) is 4.51. The summed E-state index contributed by atoms with van der Waals surface area (Å²) < 4.78 is 0. The Morgan fingerprint density at radius 2 is 2.00 bits per heavy atom. The number of rotatable bonds is 4. The molecule has 1 aliphatic carbocycles. The lowest BCUT2D eigenvalue weighted by molar-refractivity contribution is 0.705. The summed E-state index contributed by atoms with van der Waals surface area (Å²) in [7, 11) is 0. The average molecular weight is 187 g/mol. The summed E-state index contributed by atoms with van der Waals surface area (Å²) in [5.74, 6) is 0. The van der Waals surface area contributed by atoms with Gasteiger partial charge in [-0.05, 0) is 25.6 Å². The predicted octanol–water partition coefficient (Wildman–Crippen LogP) is 3.11. The molecule has 1 unspecified atom stereocenters. The van der Waals surface area contributed by atoms with Gasteiger partial charge in [0.25, 0.3) is 0 Å². The molecule has 0 radical (unpaired) electrons. The van der Waals surface area contributed by atoms with Crippen LogP contribution < -0.4 is 5.32 Å². The summed E-state index contributed by atoms with van der Waals surface area (Å²) in [5, 5.41) is 3.30. The molecular formula is C13H17N. The van der Waals surface area contributed by atoms with Crippen molar-refractivity contribution in [2.45, 2.75) is 19.4 Å². The Bertz CT molecular complexity index is 280. The van der Waals surface area contributed by atoms with Crippen molar-refractivity contribution >= 4 is 0 Å². The van der Waals surface area contributed by atoms with Crippen LogP contribution in [0.25, 0.3) is 0 Å². The summed E-state index contributed by atoms with van der Waals surface area (Å²) in [5.41, 5.74) is 0. The van der Waals surface area contributed by atoms with E-state index >= 15 is 0 Å². The first-order valence-corrected chi connectivity index (χ1v) is 4.97. The molecule has 1 heteroatoms. The van der Waals surface area contributed by atoms with Gasteiger partial charge in [0, 0.05) is 6.04 Å². The summed E-state index contributed by atoms with van der Waals surface area (Å²) in [6, 6.07) is 0.450. The van der Waals surface area contributed by atoms with Crippen LogP contribution in [0, 0.1) is 0 Å². The minimum atomic E-state index is 0.450. The molecule has 1 N–H and O–H groups in total. The standard InChI is InChI=1S/C13H17N/c1-2-3-4-5-9-12-14-13-10-7-6-8-11-13/h2-10,12-14H,11H2,1H3/b3-2-,5-4-,12-9+. The molecule has 14 heavy (non-hydrogen) atoms. The van der Waals surface area contributed by atoms with E-state index in [2.05, 4.69) is 29.6 Å². The summed E-state index contributed by atoms with van der Waals surface area (Å²) >= 11 is 0. The topological polar surface area (TPSA) is 12.0 Å². The van der Waals surface area contributed by atoms with E-state index in [1.54, 1.807) is 0 Å². The molecule has 0 spiro atoms. The molecule has 0 heterocycles. The van der Waals surface area contributed by atoms with Gasteiger partial charge in [-0.3, -0.25) is 0 Å².